The second-order valence-corrected chi connectivity index (χ2v) is 5.01. The number of rotatable bonds is 3. The van der Waals surface area contributed by atoms with Gasteiger partial charge in [0.2, 0.25) is 5.95 Å². The van der Waals surface area contributed by atoms with Gasteiger partial charge in [0, 0.05) is 29.5 Å². The minimum Gasteiger partial charge on any atom is -0.478 e. The fourth-order valence-electron chi connectivity index (χ4n) is 1.93. The van der Waals surface area contributed by atoms with Crippen molar-refractivity contribution >= 4 is 17.6 Å². The number of hydrogen-bond acceptors (Lipinski definition) is 5. The second-order valence-electron chi connectivity index (χ2n) is 5.01. The van der Waals surface area contributed by atoms with E-state index in [1.165, 1.54) is 24.5 Å². The molecule has 0 spiro atoms. The van der Waals surface area contributed by atoms with Gasteiger partial charge in [-0.1, -0.05) is 18.2 Å². The van der Waals surface area contributed by atoms with E-state index in [1.54, 1.807) is 0 Å². The Balaban J connectivity index is 0.000000198. The van der Waals surface area contributed by atoms with Crippen LogP contribution in [0.4, 0.5) is 11.6 Å². The lowest BCUT2D eigenvalue weighted by molar-refractivity contribution is 0.0696. The lowest BCUT2D eigenvalue weighted by Gasteiger charge is -2.05. The molecule has 0 aliphatic carbocycles. The highest BCUT2D eigenvalue weighted by Crippen LogP contribution is 2.12. The number of aryl methyl sites for hydroxylation is 2. The van der Waals surface area contributed by atoms with E-state index in [2.05, 4.69) is 20.3 Å². The summed E-state index contributed by atoms with van der Waals surface area (Å²) in [6, 6.07) is 14.8. The first-order valence-corrected chi connectivity index (χ1v) is 7.32. The topological polar surface area (TPSA) is 88.0 Å². The molecule has 0 fully saturated rings. The average Bonchev–Trinajstić information content (AvgIpc) is 2.56. The smallest absolute Gasteiger partial charge is 0.335 e. The van der Waals surface area contributed by atoms with Gasteiger partial charge in [0.25, 0.3) is 0 Å². The number of anilines is 2. The van der Waals surface area contributed by atoms with Crippen LogP contribution in [0.1, 0.15) is 21.7 Å². The molecular formula is C18H18N4O2. The molecule has 0 bridgehead atoms. The maximum Gasteiger partial charge on any atom is 0.335 e. The van der Waals surface area contributed by atoms with E-state index < -0.39 is 5.97 Å². The molecule has 0 atom stereocenters. The summed E-state index contributed by atoms with van der Waals surface area (Å²) >= 11 is 0. The minimum absolute atomic E-state index is 0.269. The number of para-hydroxylation sites is 1. The molecule has 2 heterocycles. The summed E-state index contributed by atoms with van der Waals surface area (Å²) in [5.74, 6) is -0.268. The summed E-state index contributed by atoms with van der Waals surface area (Å²) < 4.78 is 0. The van der Waals surface area contributed by atoms with E-state index in [4.69, 9.17) is 5.11 Å². The molecule has 0 amide bonds. The van der Waals surface area contributed by atoms with Crippen LogP contribution in [0, 0.1) is 13.8 Å². The third-order valence-electron chi connectivity index (χ3n) is 2.94. The van der Waals surface area contributed by atoms with E-state index >= 15 is 0 Å². The average molecular weight is 322 g/mol. The molecule has 1 aromatic carbocycles. The zero-order chi connectivity index (χ0) is 17.4. The number of nitrogens with zero attached hydrogens (tertiary/aromatic N) is 3. The van der Waals surface area contributed by atoms with Gasteiger partial charge in [-0.2, -0.15) is 0 Å². The van der Waals surface area contributed by atoms with E-state index in [1.807, 2.05) is 50.2 Å². The first-order valence-electron chi connectivity index (χ1n) is 7.32. The molecule has 3 aromatic rings. The van der Waals surface area contributed by atoms with Gasteiger partial charge in [-0.3, -0.25) is 4.98 Å². The van der Waals surface area contributed by atoms with Crippen LogP contribution < -0.4 is 5.32 Å². The highest BCUT2D eigenvalue weighted by atomic mass is 16.4. The Morgan fingerprint density at radius 2 is 1.54 bits per heavy atom. The van der Waals surface area contributed by atoms with Crippen molar-refractivity contribution in [1.82, 2.24) is 15.0 Å². The molecule has 0 radical (unpaired) electrons. The maximum absolute atomic E-state index is 10.2. The molecule has 24 heavy (non-hydrogen) atoms. The largest absolute Gasteiger partial charge is 0.478 e. The van der Waals surface area contributed by atoms with Crippen LogP contribution in [-0.4, -0.2) is 26.0 Å². The van der Waals surface area contributed by atoms with Gasteiger partial charge in [-0.15, -0.1) is 0 Å². The number of carboxylic acids is 1. The lowest BCUT2D eigenvalue weighted by atomic mass is 10.3. The van der Waals surface area contributed by atoms with Crippen molar-refractivity contribution < 1.29 is 9.90 Å². The SMILES string of the molecule is Cc1cc(C)nc(Nc2ccccc2)n1.O=C(O)c1ccncc1. The quantitative estimate of drug-likeness (QED) is 0.766. The number of benzene rings is 1. The van der Waals surface area contributed by atoms with Crippen LogP contribution in [0.2, 0.25) is 0 Å². The van der Waals surface area contributed by atoms with Crippen LogP contribution >= 0.6 is 0 Å². The highest BCUT2D eigenvalue weighted by molar-refractivity contribution is 5.87. The molecule has 0 aliphatic rings. The van der Waals surface area contributed by atoms with Crippen LogP contribution in [-0.2, 0) is 0 Å². The second kappa shape index (κ2) is 8.38. The molecule has 0 saturated carbocycles. The molecule has 0 saturated heterocycles. The number of nitrogens with one attached hydrogen (secondary N) is 1. The van der Waals surface area contributed by atoms with Crippen LogP contribution in [0.5, 0.6) is 0 Å². The molecule has 6 nitrogen and oxygen atoms in total. The van der Waals surface area contributed by atoms with Gasteiger partial charge in [0.1, 0.15) is 0 Å². The predicted octanol–water partition coefficient (Wildman–Crippen LogP) is 3.62. The number of pyridine rings is 1. The summed E-state index contributed by atoms with van der Waals surface area (Å²) in [5.41, 5.74) is 3.22. The molecule has 122 valence electrons. The van der Waals surface area contributed by atoms with Gasteiger partial charge in [0.05, 0.1) is 5.56 Å². The van der Waals surface area contributed by atoms with Crippen molar-refractivity contribution in [3.63, 3.8) is 0 Å². The summed E-state index contributed by atoms with van der Waals surface area (Å²) in [4.78, 5) is 22.5. The molecule has 0 aliphatic heterocycles. The van der Waals surface area contributed by atoms with Crippen LogP contribution in [0.25, 0.3) is 0 Å². The van der Waals surface area contributed by atoms with Crippen molar-refractivity contribution in [1.29, 1.82) is 0 Å². The minimum atomic E-state index is -0.919. The summed E-state index contributed by atoms with van der Waals surface area (Å²) in [6.07, 6.45) is 2.90. The molecule has 3 rings (SSSR count). The Morgan fingerprint density at radius 3 is 2.04 bits per heavy atom. The third kappa shape index (κ3) is 5.49. The van der Waals surface area contributed by atoms with E-state index in [0.29, 0.717) is 5.95 Å². The first-order chi connectivity index (χ1) is 11.5. The Labute approximate surface area is 140 Å². The van der Waals surface area contributed by atoms with Crippen LogP contribution in [0.3, 0.4) is 0 Å². The molecule has 6 heteroatoms. The number of carboxylic acid groups (broad SMARTS) is 1. The van der Waals surface area contributed by atoms with Crippen molar-refractivity contribution in [2.75, 3.05) is 5.32 Å². The Morgan fingerprint density at radius 1 is 0.958 bits per heavy atom. The standard InChI is InChI=1S/C12H13N3.C6H5NO2/c1-9-8-10(2)14-12(13-9)15-11-6-4-3-5-7-11;8-6(9)5-1-3-7-4-2-5/h3-8H,1-2H3,(H,13,14,15);1-4H,(H,8,9). The van der Waals surface area contributed by atoms with Gasteiger partial charge < -0.3 is 10.4 Å². The molecular weight excluding hydrogens is 304 g/mol. The van der Waals surface area contributed by atoms with Gasteiger partial charge in [0.15, 0.2) is 0 Å². The monoisotopic (exact) mass is 322 g/mol. The van der Waals surface area contributed by atoms with E-state index in [9.17, 15) is 4.79 Å². The van der Waals surface area contributed by atoms with Crippen LogP contribution in [0.15, 0.2) is 60.9 Å². The maximum atomic E-state index is 10.2. The summed E-state index contributed by atoms with van der Waals surface area (Å²) in [5, 5.41) is 11.5. The van der Waals surface area contributed by atoms with Crippen molar-refractivity contribution in [3.05, 3.63) is 77.9 Å². The normalized spacial score (nSPS) is 9.58. The Kier molecular flexibility index (Phi) is 5.96. The number of aromatic carboxylic acids is 1. The first kappa shape index (κ1) is 17.1. The highest BCUT2D eigenvalue weighted by Gasteiger charge is 1.99. The number of carbonyl (C=O) groups is 1. The Hall–Kier alpha value is -3.28. The fraction of sp³-hybridized carbons (Fsp3) is 0.111. The van der Waals surface area contributed by atoms with E-state index in [0.717, 1.165) is 17.1 Å². The van der Waals surface area contributed by atoms with Gasteiger partial charge in [-0.05, 0) is 44.2 Å². The zero-order valence-electron chi connectivity index (χ0n) is 13.5. The zero-order valence-corrected chi connectivity index (χ0v) is 13.5. The molecule has 2 N–H and O–H groups in total. The fourth-order valence-corrected chi connectivity index (χ4v) is 1.93. The van der Waals surface area contributed by atoms with Crippen molar-refractivity contribution in [2.45, 2.75) is 13.8 Å². The van der Waals surface area contributed by atoms with Crippen molar-refractivity contribution in [2.24, 2.45) is 0 Å². The number of aromatic nitrogens is 3. The third-order valence-corrected chi connectivity index (χ3v) is 2.94. The van der Waals surface area contributed by atoms with Gasteiger partial charge >= 0.3 is 5.97 Å². The lowest BCUT2D eigenvalue weighted by Crippen LogP contribution is -1.99. The number of hydrogen-bond donors (Lipinski definition) is 2. The van der Waals surface area contributed by atoms with Gasteiger partial charge in [-0.25, -0.2) is 14.8 Å². The molecule has 2 aromatic heterocycles. The molecule has 0 unspecified atom stereocenters. The predicted molar refractivity (Wildman–Crippen MR) is 92.4 cm³/mol. The van der Waals surface area contributed by atoms with E-state index in [-0.39, 0.29) is 5.56 Å². The van der Waals surface area contributed by atoms with Crippen molar-refractivity contribution in [3.8, 4) is 0 Å². The summed E-state index contributed by atoms with van der Waals surface area (Å²) in [7, 11) is 0. The summed E-state index contributed by atoms with van der Waals surface area (Å²) in [6.45, 7) is 3.93. The Bertz CT molecular complexity index is 772.